The Morgan fingerprint density at radius 3 is 2.72 bits per heavy atom. The highest BCUT2D eigenvalue weighted by atomic mass is 16.4. The van der Waals surface area contributed by atoms with Gasteiger partial charge >= 0.3 is 12.0 Å². The van der Waals surface area contributed by atoms with Crippen LogP contribution in [-0.4, -0.2) is 64.8 Å². The van der Waals surface area contributed by atoms with Crippen molar-refractivity contribution < 1.29 is 19.8 Å². The molecule has 0 aromatic heterocycles. The van der Waals surface area contributed by atoms with Crippen LogP contribution in [-0.2, 0) is 4.79 Å². The number of carbonyl (C=O) groups is 2. The molecule has 0 saturated carbocycles. The van der Waals surface area contributed by atoms with Crippen molar-refractivity contribution in [2.45, 2.75) is 26.2 Å². The summed E-state index contributed by atoms with van der Waals surface area (Å²) in [5, 5.41) is 17.9. The van der Waals surface area contributed by atoms with Gasteiger partial charge in [0.15, 0.2) is 0 Å². The van der Waals surface area contributed by atoms with Crippen LogP contribution in [0, 0.1) is 5.92 Å². The number of aliphatic hydroxyl groups is 1. The summed E-state index contributed by atoms with van der Waals surface area (Å²) in [5.41, 5.74) is 0. The quantitative estimate of drug-likeness (QED) is 0.757. The maximum atomic E-state index is 12.2. The van der Waals surface area contributed by atoms with Crippen molar-refractivity contribution in [1.82, 2.24) is 9.80 Å². The third kappa shape index (κ3) is 4.18. The van der Waals surface area contributed by atoms with Crippen LogP contribution >= 0.6 is 0 Å². The Labute approximate surface area is 107 Å². The molecule has 104 valence electrons. The fraction of sp³-hybridized carbons (Fsp3) is 0.833. The molecule has 1 rings (SSSR count). The Bertz CT molecular complexity index is 296. The van der Waals surface area contributed by atoms with Gasteiger partial charge in [0.05, 0.1) is 0 Å². The molecule has 1 aliphatic heterocycles. The van der Waals surface area contributed by atoms with Crippen molar-refractivity contribution >= 4 is 12.0 Å². The lowest BCUT2D eigenvalue weighted by molar-refractivity contribution is -0.137. The lowest BCUT2D eigenvalue weighted by atomic mass is 9.99. The molecule has 6 nitrogen and oxygen atoms in total. The minimum absolute atomic E-state index is 0.0798. The lowest BCUT2D eigenvalue weighted by Crippen LogP contribution is -2.49. The van der Waals surface area contributed by atoms with E-state index in [1.54, 1.807) is 4.90 Å². The van der Waals surface area contributed by atoms with E-state index in [2.05, 4.69) is 0 Å². The van der Waals surface area contributed by atoms with Crippen molar-refractivity contribution in [3.63, 3.8) is 0 Å². The third-order valence-electron chi connectivity index (χ3n) is 3.14. The van der Waals surface area contributed by atoms with Gasteiger partial charge in [-0.2, -0.15) is 0 Å². The Morgan fingerprint density at radius 1 is 1.44 bits per heavy atom. The fourth-order valence-electron chi connectivity index (χ4n) is 2.26. The van der Waals surface area contributed by atoms with E-state index in [-0.39, 0.29) is 25.1 Å². The van der Waals surface area contributed by atoms with Crippen LogP contribution in [0.3, 0.4) is 0 Å². The normalized spacial score (nSPS) is 19.7. The first-order valence-corrected chi connectivity index (χ1v) is 6.45. The topological polar surface area (TPSA) is 81.1 Å². The number of aliphatic carboxylic acids is 1. The van der Waals surface area contributed by atoms with Gasteiger partial charge in [-0.25, -0.2) is 4.79 Å². The van der Waals surface area contributed by atoms with Crippen LogP contribution in [0.4, 0.5) is 4.79 Å². The number of rotatable bonds is 5. The summed E-state index contributed by atoms with van der Waals surface area (Å²) in [7, 11) is 0. The van der Waals surface area contributed by atoms with Crippen LogP contribution in [0.2, 0.25) is 0 Å². The molecule has 18 heavy (non-hydrogen) atoms. The van der Waals surface area contributed by atoms with Gasteiger partial charge in [-0.3, -0.25) is 4.79 Å². The van der Waals surface area contributed by atoms with Gasteiger partial charge in [0, 0.05) is 26.2 Å². The number of amides is 2. The Balaban J connectivity index is 2.60. The molecule has 1 atom stereocenters. The van der Waals surface area contributed by atoms with Crippen LogP contribution in [0.1, 0.15) is 26.2 Å². The van der Waals surface area contributed by atoms with E-state index < -0.39 is 5.97 Å². The van der Waals surface area contributed by atoms with Crippen molar-refractivity contribution in [3.8, 4) is 0 Å². The average molecular weight is 258 g/mol. The van der Waals surface area contributed by atoms with E-state index in [0.29, 0.717) is 19.6 Å². The molecular formula is C12H22N2O4. The second-order valence-electron chi connectivity index (χ2n) is 4.73. The fourth-order valence-corrected chi connectivity index (χ4v) is 2.26. The number of urea groups is 1. The molecule has 1 unspecified atom stereocenters. The highest BCUT2D eigenvalue weighted by Gasteiger charge is 2.27. The molecule has 1 aliphatic rings. The number of piperidine rings is 1. The van der Waals surface area contributed by atoms with E-state index in [0.717, 1.165) is 19.3 Å². The van der Waals surface area contributed by atoms with Crippen molar-refractivity contribution in [2.75, 3.05) is 32.8 Å². The molecule has 2 amide bonds. The van der Waals surface area contributed by atoms with Gasteiger partial charge < -0.3 is 20.0 Å². The molecule has 0 aliphatic carbocycles. The monoisotopic (exact) mass is 258 g/mol. The molecule has 0 bridgehead atoms. The zero-order valence-electron chi connectivity index (χ0n) is 10.8. The number of aliphatic hydroxyl groups excluding tert-OH is 1. The highest BCUT2D eigenvalue weighted by Crippen LogP contribution is 2.17. The van der Waals surface area contributed by atoms with Crippen LogP contribution in [0.5, 0.6) is 0 Å². The zero-order chi connectivity index (χ0) is 13.5. The number of nitrogens with zero attached hydrogens (tertiary/aromatic N) is 2. The molecule has 0 aromatic carbocycles. The second kappa shape index (κ2) is 7.20. The summed E-state index contributed by atoms with van der Waals surface area (Å²) in [6, 6.07) is -0.225. The molecule has 6 heteroatoms. The molecular weight excluding hydrogens is 236 g/mol. The number of hydrogen-bond acceptors (Lipinski definition) is 3. The number of carboxylic acid groups (broad SMARTS) is 1. The van der Waals surface area contributed by atoms with Gasteiger partial charge in [0.25, 0.3) is 0 Å². The molecule has 1 heterocycles. The van der Waals surface area contributed by atoms with Gasteiger partial charge in [0.1, 0.15) is 6.54 Å². The van der Waals surface area contributed by atoms with Crippen molar-refractivity contribution in [3.05, 3.63) is 0 Å². The van der Waals surface area contributed by atoms with E-state index in [4.69, 9.17) is 10.2 Å². The van der Waals surface area contributed by atoms with Gasteiger partial charge in [-0.15, -0.1) is 0 Å². The highest BCUT2D eigenvalue weighted by molar-refractivity contribution is 5.80. The maximum Gasteiger partial charge on any atom is 0.323 e. The van der Waals surface area contributed by atoms with Crippen LogP contribution in [0.25, 0.3) is 0 Å². The summed E-state index contributed by atoms with van der Waals surface area (Å²) in [6.07, 6.45) is 2.52. The summed E-state index contributed by atoms with van der Waals surface area (Å²) in [5.74, 6) is -0.872. The van der Waals surface area contributed by atoms with Gasteiger partial charge in [0.2, 0.25) is 0 Å². The number of carbonyl (C=O) groups excluding carboxylic acids is 1. The van der Waals surface area contributed by atoms with E-state index in [9.17, 15) is 9.59 Å². The molecule has 0 spiro atoms. The van der Waals surface area contributed by atoms with Gasteiger partial charge in [-0.1, -0.05) is 6.92 Å². The third-order valence-corrected chi connectivity index (χ3v) is 3.14. The van der Waals surface area contributed by atoms with E-state index >= 15 is 0 Å². The minimum atomic E-state index is -0.993. The zero-order valence-corrected chi connectivity index (χ0v) is 10.8. The number of likely N-dealkylation sites (tertiary alicyclic amines) is 1. The lowest BCUT2D eigenvalue weighted by Gasteiger charge is -2.35. The maximum absolute atomic E-state index is 12.2. The summed E-state index contributed by atoms with van der Waals surface area (Å²) >= 11 is 0. The Hall–Kier alpha value is -1.30. The predicted molar refractivity (Wildman–Crippen MR) is 66.3 cm³/mol. The largest absolute Gasteiger partial charge is 0.480 e. The summed E-state index contributed by atoms with van der Waals surface area (Å²) < 4.78 is 0. The SMILES string of the molecule is CCCN(CC(=O)O)C(=O)N1CCCC(CO)C1. The first-order chi connectivity index (χ1) is 8.58. The molecule has 0 radical (unpaired) electrons. The van der Waals surface area contributed by atoms with Crippen molar-refractivity contribution in [1.29, 1.82) is 0 Å². The number of hydrogen-bond donors (Lipinski definition) is 2. The first-order valence-electron chi connectivity index (χ1n) is 6.45. The van der Waals surface area contributed by atoms with Crippen LogP contribution < -0.4 is 0 Å². The smallest absolute Gasteiger partial charge is 0.323 e. The average Bonchev–Trinajstić information content (AvgIpc) is 2.37. The van der Waals surface area contributed by atoms with Gasteiger partial charge in [-0.05, 0) is 25.2 Å². The summed E-state index contributed by atoms with van der Waals surface area (Å²) in [4.78, 5) is 26.0. The van der Waals surface area contributed by atoms with E-state index in [1.165, 1.54) is 4.90 Å². The molecule has 1 fully saturated rings. The van der Waals surface area contributed by atoms with E-state index in [1.807, 2.05) is 6.92 Å². The standard InChI is InChI=1S/C12H22N2O4/c1-2-5-13(8-11(16)17)12(18)14-6-3-4-10(7-14)9-15/h10,15H,2-9H2,1H3,(H,16,17). The first kappa shape index (κ1) is 14.8. The Morgan fingerprint density at radius 2 is 2.17 bits per heavy atom. The second-order valence-corrected chi connectivity index (χ2v) is 4.73. The Kier molecular flexibility index (Phi) is 5.91. The van der Waals surface area contributed by atoms with Crippen LogP contribution in [0.15, 0.2) is 0 Å². The predicted octanol–water partition coefficient (Wildman–Crippen LogP) is 0.607. The molecule has 2 N–H and O–H groups in total. The van der Waals surface area contributed by atoms with Crippen molar-refractivity contribution in [2.24, 2.45) is 5.92 Å². The minimum Gasteiger partial charge on any atom is -0.480 e. The number of carboxylic acids is 1. The molecule has 0 aromatic rings. The molecule has 1 saturated heterocycles. The summed E-state index contributed by atoms with van der Waals surface area (Å²) in [6.45, 7) is 3.36.